The van der Waals surface area contributed by atoms with Gasteiger partial charge in [-0.1, -0.05) is 30.3 Å². The predicted octanol–water partition coefficient (Wildman–Crippen LogP) is 3.43. The minimum absolute atomic E-state index is 0.0211. The smallest absolute Gasteiger partial charge is 0.317 e. The van der Waals surface area contributed by atoms with Crippen LogP contribution in [0.5, 0.6) is 0 Å². The number of piperidine rings is 1. The molecule has 1 atom stereocenters. The molecule has 2 aromatic rings. The summed E-state index contributed by atoms with van der Waals surface area (Å²) in [7, 11) is 0. The number of carbonyl (C=O) groups excluding carboxylic acids is 2. The van der Waals surface area contributed by atoms with Crippen molar-refractivity contribution in [3.05, 3.63) is 65.5 Å². The van der Waals surface area contributed by atoms with Crippen LogP contribution in [0.25, 0.3) is 0 Å². The lowest BCUT2D eigenvalue weighted by Gasteiger charge is -2.33. The molecule has 0 spiro atoms. The second-order valence-electron chi connectivity index (χ2n) is 7.92. The molecule has 6 heteroatoms. The van der Waals surface area contributed by atoms with Crippen LogP contribution in [0, 0.1) is 12.8 Å². The first-order valence-electron chi connectivity index (χ1n) is 10.3. The van der Waals surface area contributed by atoms with Crippen molar-refractivity contribution in [1.82, 2.24) is 20.5 Å². The highest BCUT2D eigenvalue weighted by molar-refractivity contribution is 5.80. The summed E-state index contributed by atoms with van der Waals surface area (Å²) in [4.78, 5) is 31.5. The van der Waals surface area contributed by atoms with E-state index in [1.165, 1.54) is 0 Å². The summed E-state index contributed by atoms with van der Waals surface area (Å²) in [5.74, 6) is -0.0823. The van der Waals surface area contributed by atoms with Crippen molar-refractivity contribution >= 4 is 11.9 Å². The van der Waals surface area contributed by atoms with Gasteiger partial charge < -0.3 is 15.5 Å². The van der Waals surface area contributed by atoms with Gasteiger partial charge in [-0.05, 0) is 56.9 Å². The summed E-state index contributed by atoms with van der Waals surface area (Å²) in [5.41, 5.74) is 2.99. The van der Waals surface area contributed by atoms with Gasteiger partial charge in [0.05, 0.1) is 11.7 Å². The number of amides is 3. The van der Waals surface area contributed by atoms with E-state index in [0.717, 1.165) is 16.8 Å². The monoisotopic (exact) mass is 394 g/mol. The third-order valence-electron chi connectivity index (χ3n) is 5.33. The van der Waals surface area contributed by atoms with Crippen LogP contribution < -0.4 is 10.6 Å². The quantitative estimate of drug-likeness (QED) is 0.816. The molecule has 3 rings (SSSR count). The average Bonchev–Trinajstić information content (AvgIpc) is 2.73. The summed E-state index contributed by atoms with van der Waals surface area (Å²) in [6.07, 6.45) is 3.08. The van der Waals surface area contributed by atoms with Crippen LogP contribution in [0.3, 0.4) is 0 Å². The van der Waals surface area contributed by atoms with E-state index in [2.05, 4.69) is 15.6 Å². The van der Waals surface area contributed by atoms with Crippen LogP contribution >= 0.6 is 0 Å². The zero-order valence-electron chi connectivity index (χ0n) is 17.4. The molecule has 0 radical (unpaired) electrons. The van der Waals surface area contributed by atoms with E-state index in [1.54, 1.807) is 11.1 Å². The van der Waals surface area contributed by atoms with Crippen molar-refractivity contribution < 1.29 is 9.59 Å². The summed E-state index contributed by atoms with van der Waals surface area (Å²) < 4.78 is 0. The molecule has 0 aliphatic carbocycles. The van der Waals surface area contributed by atoms with Gasteiger partial charge in [0.15, 0.2) is 0 Å². The van der Waals surface area contributed by atoms with Gasteiger partial charge in [-0.3, -0.25) is 9.78 Å². The molecule has 3 amide bonds. The Kier molecular flexibility index (Phi) is 6.86. The average molecular weight is 395 g/mol. The van der Waals surface area contributed by atoms with Crippen LogP contribution in [-0.4, -0.2) is 41.0 Å². The highest BCUT2D eigenvalue weighted by atomic mass is 16.2. The Morgan fingerprint density at radius 1 is 1.03 bits per heavy atom. The topological polar surface area (TPSA) is 74.3 Å². The predicted molar refractivity (Wildman–Crippen MR) is 113 cm³/mol. The Morgan fingerprint density at radius 3 is 2.34 bits per heavy atom. The Balaban J connectivity index is 1.69. The van der Waals surface area contributed by atoms with Gasteiger partial charge in [0.1, 0.15) is 0 Å². The van der Waals surface area contributed by atoms with Gasteiger partial charge in [0.25, 0.3) is 0 Å². The van der Waals surface area contributed by atoms with Crippen molar-refractivity contribution in [2.75, 3.05) is 13.1 Å². The zero-order valence-corrected chi connectivity index (χ0v) is 17.4. The Labute approximate surface area is 172 Å². The first-order chi connectivity index (χ1) is 14.0. The molecule has 0 saturated carbocycles. The van der Waals surface area contributed by atoms with Crippen molar-refractivity contribution in [3.63, 3.8) is 0 Å². The number of hydrogen-bond donors (Lipinski definition) is 2. The van der Waals surface area contributed by atoms with E-state index in [9.17, 15) is 9.59 Å². The first kappa shape index (κ1) is 20.8. The lowest BCUT2D eigenvalue weighted by atomic mass is 9.93. The molecule has 1 unspecified atom stereocenters. The van der Waals surface area contributed by atoms with E-state index in [1.807, 2.05) is 63.2 Å². The number of hydrogen-bond acceptors (Lipinski definition) is 3. The van der Waals surface area contributed by atoms with E-state index in [4.69, 9.17) is 0 Å². The Bertz CT molecular complexity index is 830. The van der Waals surface area contributed by atoms with E-state index in [-0.39, 0.29) is 29.9 Å². The number of carbonyl (C=O) groups is 2. The largest absolute Gasteiger partial charge is 0.343 e. The number of urea groups is 1. The summed E-state index contributed by atoms with van der Waals surface area (Å²) in [5, 5.41) is 6.13. The van der Waals surface area contributed by atoms with Gasteiger partial charge in [-0.15, -0.1) is 0 Å². The number of pyridine rings is 1. The molecular formula is C23H30N4O2. The number of aryl methyl sites for hydroxylation is 1. The highest BCUT2D eigenvalue weighted by Gasteiger charge is 2.30. The molecule has 2 N–H and O–H groups in total. The second kappa shape index (κ2) is 9.54. The molecule has 1 aliphatic heterocycles. The molecule has 2 heterocycles. The SMILES string of the molecule is Cc1ccccc1C(NC(=O)C1CCN(C(=O)NC(C)C)CC1)c1ccccn1. The summed E-state index contributed by atoms with van der Waals surface area (Å²) in [6.45, 7) is 7.12. The van der Waals surface area contributed by atoms with Crippen molar-refractivity contribution in [2.24, 2.45) is 5.92 Å². The third-order valence-corrected chi connectivity index (χ3v) is 5.33. The fourth-order valence-corrected chi connectivity index (χ4v) is 3.71. The normalized spacial score (nSPS) is 15.8. The molecular weight excluding hydrogens is 364 g/mol. The fraction of sp³-hybridized carbons (Fsp3) is 0.435. The van der Waals surface area contributed by atoms with E-state index in [0.29, 0.717) is 25.9 Å². The molecule has 29 heavy (non-hydrogen) atoms. The van der Waals surface area contributed by atoms with Gasteiger partial charge in [0, 0.05) is 31.2 Å². The van der Waals surface area contributed by atoms with Crippen LogP contribution in [0.4, 0.5) is 4.79 Å². The van der Waals surface area contributed by atoms with Crippen LogP contribution in [0.2, 0.25) is 0 Å². The van der Waals surface area contributed by atoms with Crippen molar-refractivity contribution in [1.29, 1.82) is 0 Å². The summed E-state index contributed by atoms with van der Waals surface area (Å²) in [6, 6.07) is 13.6. The zero-order chi connectivity index (χ0) is 20.8. The van der Waals surface area contributed by atoms with Crippen LogP contribution in [-0.2, 0) is 4.79 Å². The number of likely N-dealkylation sites (tertiary alicyclic amines) is 1. The van der Waals surface area contributed by atoms with E-state index >= 15 is 0 Å². The van der Waals surface area contributed by atoms with E-state index < -0.39 is 0 Å². The molecule has 6 nitrogen and oxygen atoms in total. The fourth-order valence-electron chi connectivity index (χ4n) is 3.71. The summed E-state index contributed by atoms with van der Waals surface area (Å²) >= 11 is 0. The lowest BCUT2D eigenvalue weighted by Crippen LogP contribution is -2.48. The molecule has 154 valence electrons. The molecule has 1 aromatic carbocycles. The molecule has 1 fully saturated rings. The standard InChI is InChI=1S/C23H30N4O2/c1-16(2)25-23(29)27-14-11-18(12-15-27)22(28)26-21(20-10-6-7-13-24-20)19-9-5-4-8-17(19)3/h4-10,13,16,18,21H,11-12,14-15H2,1-3H3,(H,25,29)(H,26,28). The minimum Gasteiger partial charge on any atom is -0.343 e. The van der Waals surface area contributed by atoms with Gasteiger partial charge in [-0.25, -0.2) is 4.79 Å². The number of nitrogens with zero attached hydrogens (tertiary/aromatic N) is 2. The molecule has 1 aliphatic rings. The van der Waals surface area contributed by atoms with Gasteiger partial charge in [-0.2, -0.15) is 0 Å². The number of benzene rings is 1. The maximum absolute atomic E-state index is 13.1. The van der Waals surface area contributed by atoms with Gasteiger partial charge in [0.2, 0.25) is 5.91 Å². The van der Waals surface area contributed by atoms with Crippen LogP contribution in [0.15, 0.2) is 48.7 Å². The second-order valence-corrected chi connectivity index (χ2v) is 7.92. The van der Waals surface area contributed by atoms with Crippen LogP contribution in [0.1, 0.15) is 49.6 Å². The highest BCUT2D eigenvalue weighted by Crippen LogP contribution is 2.25. The van der Waals surface area contributed by atoms with Crippen molar-refractivity contribution in [3.8, 4) is 0 Å². The minimum atomic E-state index is -0.285. The third kappa shape index (κ3) is 5.34. The number of nitrogens with one attached hydrogen (secondary N) is 2. The number of aromatic nitrogens is 1. The van der Waals surface area contributed by atoms with Crippen molar-refractivity contribution in [2.45, 2.75) is 45.7 Å². The van der Waals surface area contributed by atoms with Gasteiger partial charge >= 0.3 is 6.03 Å². The number of rotatable bonds is 5. The Morgan fingerprint density at radius 2 is 1.72 bits per heavy atom. The lowest BCUT2D eigenvalue weighted by molar-refractivity contribution is -0.126. The first-order valence-corrected chi connectivity index (χ1v) is 10.3. The maximum atomic E-state index is 13.1. The molecule has 1 aromatic heterocycles. The Hall–Kier alpha value is -2.89. The molecule has 0 bridgehead atoms. The maximum Gasteiger partial charge on any atom is 0.317 e. The molecule has 1 saturated heterocycles.